The second-order valence-electron chi connectivity index (χ2n) is 7.07. The van der Waals surface area contributed by atoms with Crippen molar-refractivity contribution in [3.63, 3.8) is 0 Å². The van der Waals surface area contributed by atoms with Crippen molar-refractivity contribution in [2.75, 3.05) is 32.8 Å². The lowest BCUT2D eigenvalue weighted by atomic mass is 9.84. The number of rotatable bonds is 4. The summed E-state index contributed by atoms with van der Waals surface area (Å²) in [5, 5.41) is 2.71. The third-order valence-corrected chi connectivity index (χ3v) is 5.36. The van der Waals surface area contributed by atoms with E-state index >= 15 is 0 Å². The average molecular weight is 387 g/mol. The molecule has 3 aliphatic heterocycles. The average Bonchev–Trinajstić information content (AvgIpc) is 3.31. The lowest BCUT2D eigenvalue weighted by Crippen LogP contribution is -2.47. The molecule has 0 aliphatic carbocycles. The number of nitrogens with zero attached hydrogens (tertiary/aromatic N) is 2. The summed E-state index contributed by atoms with van der Waals surface area (Å²) in [6.07, 6.45) is 2.15. The number of likely N-dealkylation sites (tertiary alicyclic amines) is 1. The van der Waals surface area contributed by atoms with Crippen LogP contribution >= 0.6 is 0 Å². The molecule has 28 heavy (non-hydrogen) atoms. The van der Waals surface area contributed by atoms with Crippen LogP contribution in [0.25, 0.3) is 0 Å². The fraction of sp³-hybridized carbons (Fsp3) is 0.474. The summed E-state index contributed by atoms with van der Waals surface area (Å²) in [6.45, 7) is 0.666. The van der Waals surface area contributed by atoms with E-state index in [1.807, 2.05) is 0 Å². The number of para-hydroxylation sites is 1. The summed E-state index contributed by atoms with van der Waals surface area (Å²) in [5.74, 6) is -1.05. The first-order valence-electron chi connectivity index (χ1n) is 9.31. The number of urea groups is 1. The number of benzene rings is 1. The Hall–Kier alpha value is -3.10. The molecule has 0 unspecified atom stereocenters. The van der Waals surface area contributed by atoms with Crippen LogP contribution in [-0.2, 0) is 24.7 Å². The fourth-order valence-electron chi connectivity index (χ4n) is 3.89. The summed E-state index contributed by atoms with van der Waals surface area (Å²) in [6, 6.07) is 6.34. The van der Waals surface area contributed by atoms with Crippen molar-refractivity contribution in [3.8, 4) is 5.75 Å². The molecule has 9 nitrogen and oxygen atoms in total. The molecular formula is C19H21N3O6. The van der Waals surface area contributed by atoms with Crippen molar-refractivity contribution in [3.05, 3.63) is 29.8 Å². The summed E-state index contributed by atoms with van der Waals surface area (Å²) in [4.78, 5) is 52.0. The Morgan fingerprint density at radius 3 is 2.71 bits per heavy atom. The molecule has 3 aliphatic rings. The Balaban J connectivity index is 1.42. The van der Waals surface area contributed by atoms with E-state index in [4.69, 9.17) is 9.47 Å². The van der Waals surface area contributed by atoms with Crippen molar-refractivity contribution in [1.82, 2.24) is 15.1 Å². The minimum absolute atomic E-state index is 0.266. The number of fused-ring (bicyclic) bond motifs is 2. The SMILES string of the molecule is O=C(CN1C(=O)N[C@]2(CCOc3ccccc32)C1=O)OCC(=O)N1CCCC1. The van der Waals surface area contributed by atoms with Crippen LogP contribution in [0.5, 0.6) is 5.75 Å². The summed E-state index contributed by atoms with van der Waals surface area (Å²) in [5.41, 5.74) is -0.669. The largest absolute Gasteiger partial charge is 0.493 e. The highest BCUT2D eigenvalue weighted by Gasteiger charge is 2.55. The van der Waals surface area contributed by atoms with Crippen LogP contribution in [0, 0.1) is 0 Å². The lowest BCUT2D eigenvalue weighted by Gasteiger charge is -2.33. The summed E-state index contributed by atoms with van der Waals surface area (Å²) < 4.78 is 10.6. The van der Waals surface area contributed by atoms with Gasteiger partial charge in [0, 0.05) is 25.1 Å². The molecule has 1 aromatic carbocycles. The molecular weight excluding hydrogens is 366 g/mol. The standard InChI is InChI=1S/C19H21N3O6/c23-15(21-8-3-4-9-21)12-28-16(24)11-22-17(25)19(20-18(22)26)7-10-27-14-6-2-1-5-13(14)19/h1-2,5-6H,3-4,7-12H2,(H,20,26)/t19-/m0/s1. The predicted octanol–water partition coefficient (Wildman–Crippen LogP) is 0.382. The molecule has 0 saturated carbocycles. The highest BCUT2D eigenvalue weighted by Crippen LogP contribution is 2.40. The first kappa shape index (κ1) is 18.3. The summed E-state index contributed by atoms with van der Waals surface area (Å²) in [7, 11) is 0. The van der Waals surface area contributed by atoms with Crippen LogP contribution in [0.1, 0.15) is 24.8 Å². The molecule has 0 bridgehead atoms. The second kappa shape index (κ2) is 7.14. The number of imide groups is 1. The van der Waals surface area contributed by atoms with Gasteiger partial charge in [-0.25, -0.2) is 4.79 Å². The van der Waals surface area contributed by atoms with Crippen LogP contribution in [0.15, 0.2) is 24.3 Å². The van der Waals surface area contributed by atoms with E-state index < -0.39 is 30.0 Å². The molecule has 1 aromatic rings. The zero-order valence-electron chi connectivity index (χ0n) is 15.3. The number of carbonyl (C=O) groups is 4. The molecule has 0 radical (unpaired) electrons. The molecule has 148 valence electrons. The van der Waals surface area contributed by atoms with Crippen molar-refractivity contribution in [2.24, 2.45) is 0 Å². The van der Waals surface area contributed by atoms with Crippen LogP contribution in [-0.4, -0.2) is 66.5 Å². The minimum Gasteiger partial charge on any atom is -0.493 e. The predicted molar refractivity (Wildman–Crippen MR) is 95.2 cm³/mol. The van der Waals surface area contributed by atoms with Gasteiger partial charge in [-0.15, -0.1) is 0 Å². The zero-order chi connectivity index (χ0) is 19.7. The maximum Gasteiger partial charge on any atom is 0.326 e. The Bertz CT molecular complexity index is 835. The summed E-state index contributed by atoms with van der Waals surface area (Å²) >= 11 is 0. The topological polar surface area (TPSA) is 105 Å². The molecule has 1 atom stereocenters. The first-order chi connectivity index (χ1) is 13.5. The van der Waals surface area contributed by atoms with E-state index in [9.17, 15) is 19.2 Å². The quantitative estimate of drug-likeness (QED) is 0.592. The second-order valence-corrected chi connectivity index (χ2v) is 7.07. The molecule has 0 aromatic heterocycles. The van der Waals surface area contributed by atoms with Crippen LogP contribution < -0.4 is 10.1 Å². The van der Waals surface area contributed by atoms with Crippen molar-refractivity contribution < 1.29 is 28.7 Å². The number of ether oxygens (including phenoxy) is 2. The Morgan fingerprint density at radius 1 is 1.18 bits per heavy atom. The molecule has 4 rings (SSSR count). The number of carbonyl (C=O) groups excluding carboxylic acids is 4. The van der Waals surface area contributed by atoms with E-state index in [2.05, 4.69) is 5.32 Å². The van der Waals surface area contributed by atoms with E-state index in [1.54, 1.807) is 29.2 Å². The molecule has 3 heterocycles. The molecule has 1 N–H and O–H groups in total. The van der Waals surface area contributed by atoms with Crippen LogP contribution in [0.3, 0.4) is 0 Å². The first-order valence-corrected chi connectivity index (χ1v) is 9.31. The van der Waals surface area contributed by atoms with Gasteiger partial charge >= 0.3 is 12.0 Å². The number of nitrogens with one attached hydrogen (secondary N) is 1. The third-order valence-electron chi connectivity index (χ3n) is 5.36. The van der Waals surface area contributed by atoms with Gasteiger partial charge in [-0.2, -0.15) is 0 Å². The van der Waals surface area contributed by atoms with E-state index in [0.717, 1.165) is 17.7 Å². The number of hydrogen-bond donors (Lipinski definition) is 1. The van der Waals surface area contributed by atoms with Gasteiger partial charge in [0.15, 0.2) is 12.1 Å². The monoisotopic (exact) mass is 387 g/mol. The Kier molecular flexibility index (Phi) is 4.66. The van der Waals surface area contributed by atoms with Crippen LogP contribution in [0.4, 0.5) is 4.79 Å². The Labute approximate surface area is 161 Å². The van der Waals surface area contributed by atoms with Gasteiger partial charge < -0.3 is 19.7 Å². The maximum absolute atomic E-state index is 13.0. The van der Waals surface area contributed by atoms with E-state index in [-0.39, 0.29) is 25.5 Å². The van der Waals surface area contributed by atoms with Crippen LogP contribution in [0.2, 0.25) is 0 Å². The number of hydrogen-bond acceptors (Lipinski definition) is 6. The minimum atomic E-state index is -1.24. The molecule has 1 spiro atoms. The maximum atomic E-state index is 13.0. The van der Waals surface area contributed by atoms with Gasteiger partial charge in [0.25, 0.3) is 11.8 Å². The van der Waals surface area contributed by atoms with Crippen molar-refractivity contribution in [1.29, 1.82) is 0 Å². The molecule has 9 heteroatoms. The lowest BCUT2D eigenvalue weighted by molar-refractivity contribution is -0.153. The third kappa shape index (κ3) is 3.06. The highest BCUT2D eigenvalue weighted by atomic mass is 16.5. The molecule has 2 fully saturated rings. The normalized spacial score (nSPS) is 23.4. The van der Waals surface area contributed by atoms with Gasteiger partial charge in [0.2, 0.25) is 0 Å². The number of esters is 1. The van der Waals surface area contributed by atoms with Gasteiger partial charge in [0.05, 0.1) is 6.61 Å². The fourth-order valence-corrected chi connectivity index (χ4v) is 3.89. The zero-order valence-corrected chi connectivity index (χ0v) is 15.3. The van der Waals surface area contributed by atoms with Crippen molar-refractivity contribution in [2.45, 2.75) is 24.8 Å². The highest BCUT2D eigenvalue weighted by molar-refractivity contribution is 6.09. The van der Waals surface area contributed by atoms with Gasteiger partial charge in [-0.3, -0.25) is 19.3 Å². The van der Waals surface area contributed by atoms with Gasteiger partial charge in [-0.05, 0) is 18.9 Å². The molecule has 4 amide bonds. The molecule has 2 saturated heterocycles. The van der Waals surface area contributed by atoms with E-state index in [1.165, 1.54) is 0 Å². The number of amides is 4. The van der Waals surface area contributed by atoms with Gasteiger partial charge in [-0.1, -0.05) is 18.2 Å². The smallest absolute Gasteiger partial charge is 0.326 e. The Morgan fingerprint density at radius 2 is 1.93 bits per heavy atom. The van der Waals surface area contributed by atoms with E-state index in [0.29, 0.717) is 24.4 Å². The van der Waals surface area contributed by atoms with Gasteiger partial charge in [0.1, 0.15) is 12.3 Å². The van der Waals surface area contributed by atoms with Crippen molar-refractivity contribution >= 4 is 23.8 Å².